The topological polar surface area (TPSA) is 307 Å². The number of aliphatic hydroxyl groups excluding tert-OH is 11. The minimum Gasteiger partial charge on any atom is -0.394 e. The van der Waals surface area contributed by atoms with Crippen molar-refractivity contribution in [2.45, 2.75) is 285 Å². The maximum absolute atomic E-state index is 13.3. The maximum Gasteiger partial charge on any atom is 0.220 e. The van der Waals surface area contributed by atoms with Crippen LogP contribution in [0.3, 0.4) is 0 Å². The second kappa shape index (κ2) is 41.7. The van der Waals surface area contributed by atoms with Gasteiger partial charge in [0.2, 0.25) is 5.91 Å². The van der Waals surface area contributed by atoms with Crippen LogP contribution in [0.4, 0.5) is 0 Å². The average Bonchev–Trinajstić information content (AvgIpc) is 3.43. The van der Waals surface area contributed by atoms with Crippen LogP contribution >= 0.6 is 0 Å². The van der Waals surface area contributed by atoms with E-state index in [4.69, 9.17) is 28.4 Å². The first-order chi connectivity index (χ1) is 37.3. The standard InChI is InChI=1S/C58H103NO18/c1-3-5-7-9-11-12-13-14-15-16-17-18-19-20-21-22-23-24-25-26-27-28-30-32-34-36-46(64)59-41(42(63)35-33-31-29-10-8-6-4-2)40-72-56-52(70)49(67)54(44(38-61)74-56)77-58-53(71)50(68)55(45(39-62)75-58)76-57-51(69)48(66)47(65)43(37-60)73-57/h5,7,11-12,14-15,17-18,41-45,47-58,60-63,65-71H,3-4,6,8-10,13,16,19-40H2,1-2H3,(H,59,64)/b7-5-,12-11-,15-14-,18-17-. The minimum atomic E-state index is -1.97. The van der Waals surface area contributed by atoms with Gasteiger partial charge in [0, 0.05) is 6.42 Å². The summed E-state index contributed by atoms with van der Waals surface area (Å²) in [5.74, 6) is -0.252. The van der Waals surface area contributed by atoms with E-state index in [0.717, 1.165) is 89.9 Å². The zero-order valence-electron chi connectivity index (χ0n) is 46.4. The van der Waals surface area contributed by atoms with Gasteiger partial charge in [-0.1, -0.05) is 172 Å². The molecule has 1 amide bonds. The Morgan fingerprint density at radius 3 is 1.40 bits per heavy atom. The number of carbonyl (C=O) groups is 1. The number of carbonyl (C=O) groups excluding carboxylic acids is 1. The molecule has 17 atom stereocenters. The lowest BCUT2D eigenvalue weighted by molar-refractivity contribution is -0.379. The summed E-state index contributed by atoms with van der Waals surface area (Å²) < 4.78 is 34.2. The molecule has 77 heavy (non-hydrogen) atoms. The highest BCUT2D eigenvalue weighted by Crippen LogP contribution is 2.33. The first kappa shape index (κ1) is 69.0. The van der Waals surface area contributed by atoms with Gasteiger partial charge in [-0.15, -0.1) is 0 Å². The Morgan fingerprint density at radius 1 is 0.481 bits per heavy atom. The van der Waals surface area contributed by atoms with Crippen LogP contribution < -0.4 is 5.32 Å². The molecule has 0 aromatic rings. The average molecular weight is 1100 g/mol. The Kier molecular flexibility index (Phi) is 37.4. The van der Waals surface area contributed by atoms with Gasteiger partial charge in [0.05, 0.1) is 38.6 Å². The number of aliphatic hydroxyl groups is 11. The molecule has 0 radical (unpaired) electrons. The first-order valence-electron chi connectivity index (χ1n) is 29.4. The fourth-order valence-corrected chi connectivity index (χ4v) is 9.83. The highest BCUT2D eigenvalue weighted by molar-refractivity contribution is 5.76. The molecule has 0 bridgehead atoms. The van der Waals surface area contributed by atoms with E-state index in [2.05, 4.69) is 67.8 Å². The van der Waals surface area contributed by atoms with E-state index in [1.165, 1.54) is 57.8 Å². The van der Waals surface area contributed by atoms with Crippen LogP contribution in [0.2, 0.25) is 0 Å². The van der Waals surface area contributed by atoms with Crippen LogP contribution in [0.5, 0.6) is 0 Å². The Balaban J connectivity index is 1.40. The molecule has 3 rings (SSSR count). The van der Waals surface area contributed by atoms with Crippen LogP contribution in [0, 0.1) is 0 Å². The molecular weight excluding hydrogens is 999 g/mol. The van der Waals surface area contributed by atoms with Crippen molar-refractivity contribution < 1.29 is 89.4 Å². The number of rotatable bonds is 42. The van der Waals surface area contributed by atoms with Gasteiger partial charge >= 0.3 is 0 Å². The minimum absolute atomic E-state index is 0.252. The van der Waals surface area contributed by atoms with Crippen LogP contribution in [-0.2, 0) is 33.2 Å². The fourth-order valence-electron chi connectivity index (χ4n) is 9.83. The van der Waals surface area contributed by atoms with Gasteiger partial charge in [0.15, 0.2) is 18.9 Å². The molecule has 3 aliphatic rings. The molecule has 3 fully saturated rings. The number of unbranched alkanes of at least 4 members (excludes halogenated alkanes) is 18. The van der Waals surface area contributed by atoms with Crippen LogP contribution in [0.1, 0.15) is 181 Å². The largest absolute Gasteiger partial charge is 0.394 e. The highest BCUT2D eigenvalue weighted by atomic mass is 16.8. The molecule has 0 aliphatic carbocycles. The molecule has 12 N–H and O–H groups in total. The summed E-state index contributed by atoms with van der Waals surface area (Å²) in [6.07, 6.45) is 18.2. The van der Waals surface area contributed by atoms with E-state index in [0.29, 0.717) is 12.8 Å². The van der Waals surface area contributed by atoms with Crippen molar-refractivity contribution in [1.29, 1.82) is 0 Å². The first-order valence-corrected chi connectivity index (χ1v) is 29.4. The number of amides is 1. The summed E-state index contributed by atoms with van der Waals surface area (Å²) in [4.78, 5) is 13.3. The molecule has 0 aromatic carbocycles. The predicted molar refractivity (Wildman–Crippen MR) is 291 cm³/mol. The second-order valence-corrected chi connectivity index (χ2v) is 21.1. The van der Waals surface area contributed by atoms with Gasteiger partial charge in [0.25, 0.3) is 0 Å². The van der Waals surface area contributed by atoms with E-state index >= 15 is 0 Å². The third-order valence-electron chi connectivity index (χ3n) is 14.7. The molecular formula is C58H103NO18. The zero-order chi connectivity index (χ0) is 56.2. The summed E-state index contributed by atoms with van der Waals surface area (Å²) in [6.45, 7) is 1.60. The van der Waals surface area contributed by atoms with E-state index in [1.54, 1.807) is 0 Å². The van der Waals surface area contributed by atoms with Crippen molar-refractivity contribution in [2.24, 2.45) is 0 Å². The quantitative estimate of drug-likeness (QED) is 0.0291. The Labute approximate surface area is 459 Å². The maximum atomic E-state index is 13.3. The lowest BCUT2D eigenvalue weighted by Gasteiger charge is -2.48. The molecule has 19 nitrogen and oxygen atoms in total. The van der Waals surface area contributed by atoms with E-state index in [9.17, 15) is 61.0 Å². The fraction of sp³-hybridized carbons (Fsp3) is 0.845. The molecule has 17 unspecified atom stereocenters. The molecule has 0 aromatic heterocycles. The SMILES string of the molecule is CC/C=C\C/C=C\C/C=C\C/C=C\CCCCCCCCCCCCCCC(=O)NC(COC1OC(CO)C(OC2OC(CO)C(OC3OC(CO)C(O)C(O)C3O)C(O)C2O)C(O)C1O)C(O)CCCCCCCCC. The van der Waals surface area contributed by atoms with Crippen LogP contribution in [-0.4, -0.2) is 193 Å². The molecule has 3 heterocycles. The molecule has 19 heteroatoms. The highest BCUT2D eigenvalue weighted by Gasteiger charge is 2.53. The summed E-state index contributed by atoms with van der Waals surface area (Å²) in [5, 5.41) is 120. The van der Waals surface area contributed by atoms with Crippen molar-refractivity contribution in [3.05, 3.63) is 48.6 Å². The predicted octanol–water partition coefficient (Wildman–Crippen LogP) is 4.70. The van der Waals surface area contributed by atoms with E-state index in [-0.39, 0.29) is 18.9 Å². The third-order valence-corrected chi connectivity index (χ3v) is 14.7. The normalized spacial score (nSPS) is 31.1. The van der Waals surface area contributed by atoms with E-state index < -0.39 is 124 Å². The van der Waals surface area contributed by atoms with Crippen molar-refractivity contribution >= 4 is 5.91 Å². The number of allylic oxidation sites excluding steroid dienone is 8. The van der Waals surface area contributed by atoms with Gasteiger partial charge in [-0.25, -0.2) is 0 Å². The Hall–Kier alpha value is -2.25. The van der Waals surface area contributed by atoms with Gasteiger partial charge in [0.1, 0.15) is 73.2 Å². The number of nitrogens with one attached hydrogen (secondary N) is 1. The zero-order valence-corrected chi connectivity index (χ0v) is 46.4. The van der Waals surface area contributed by atoms with Gasteiger partial charge in [-0.3, -0.25) is 4.79 Å². The van der Waals surface area contributed by atoms with Gasteiger partial charge in [-0.2, -0.15) is 0 Å². The summed E-state index contributed by atoms with van der Waals surface area (Å²) in [7, 11) is 0. The lowest BCUT2D eigenvalue weighted by Crippen LogP contribution is -2.66. The van der Waals surface area contributed by atoms with Crippen LogP contribution in [0.25, 0.3) is 0 Å². The van der Waals surface area contributed by atoms with Crippen molar-refractivity contribution in [3.63, 3.8) is 0 Å². The lowest BCUT2D eigenvalue weighted by atomic mass is 9.96. The van der Waals surface area contributed by atoms with Crippen molar-refractivity contribution in [2.75, 3.05) is 26.4 Å². The van der Waals surface area contributed by atoms with Gasteiger partial charge < -0.3 is 89.9 Å². The van der Waals surface area contributed by atoms with E-state index in [1.807, 2.05) is 0 Å². The summed E-state index contributed by atoms with van der Waals surface area (Å²) >= 11 is 0. The van der Waals surface area contributed by atoms with Crippen molar-refractivity contribution in [1.82, 2.24) is 5.32 Å². The monoisotopic (exact) mass is 1100 g/mol. The summed E-state index contributed by atoms with van der Waals surface area (Å²) in [5.41, 5.74) is 0. The third kappa shape index (κ3) is 26.0. The number of ether oxygens (including phenoxy) is 6. The number of hydrogen-bond donors (Lipinski definition) is 12. The van der Waals surface area contributed by atoms with Crippen LogP contribution in [0.15, 0.2) is 48.6 Å². The Morgan fingerprint density at radius 2 is 0.896 bits per heavy atom. The smallest absolute Gasteiger partial charge is 0.220 e. The molecule has 0 saturated carbocycles. The second-order valence-electron chi connectivity index (χ2n) is 21.1. The Bertz CT molecular complexity index is 1600. The van der Waals surface area contributed by atoms with Gasteiger partial charge in [-0.05, 0) is 51.4 Å². The molecule has 3 saturated heterocycles. The molecule has 3 aliphatic heterocycles. The molecule has 0 spiro atoms. The number of hydrogen-bond acceptors (Lipinski definition) is 18. The van der Waals surface area contributed by atoms with Crippen molar-refractivity contribution in [3.8, 4) is 0 Å². The summed E-state index contributed by atoms with van der Waals surface area (Å²) in [6, 6.07) is -0.886. The molecule has 448 valence electrons.